The zero-order chi connectivity index (χ0) is 14.1. The molecule has 3 rings (SSSR count). The maximum atomic E-state index is 11.7. The van der Waals surface area contributed by atoms with Crippen LogP contribution in [0.25, 0.3) is 0 Å². The molecule has 0 aliphatic carbocycles. The van der Waals surface area contributed by atoms with E-state index < -0.39 is 5.97 Å². The molecule has 1 aromatic carbocycles. The highest BCUT2D eigenvalue weighted by Gasteiger charge is 2.34. The molecular weight excluding hydrogens is 276 g/mol. The van der Waals surface area contributed by atoms with Gasteiger partial charge in [0.15, 0.2) is 0 Å². The van der Waals surface area contributed by atoms with Gasteiger partial charge in [-0.1, -0.05) is 11.6 Å². The molecule has 0 amide bonds. The van der Waals surface area contributed by atoms with Crippen LogP contribution in [0.5, 0.6) is 0 Å². The third kappa shape index (κ3) is 2.63. The number of carbonyl (C=O) groups is 1. The number of piperidine rings is 1. The Balaban J connectivity index is 1.75. The first-order valence-corrected chi connectivity index (χ1v) is 7.42. The van der Waals surface area contributed by atoms with Gasteiger partial charge in [0.1, 0.15) is 0 Å². The number of benzene rings is 1. The van der Waals surface area contributed by atoms with E-state index in [2.05, 4.69) is 10.2 Å². The van der Waals surface area contributed by atoms with E-state index in [1.807, 2.05) is 6.07 Å². The number of rotatable bonds is 3. The summed E-state index contributed by atoms with van der Waals surface area (Å²) < 4.78 is 4.75. The molecule has 2 bridgehead atoms. The Hall–Kier alpha value is -1.26. The monoisotopic (exact) mass is 294 g/mol. The summed E-state index contributed by atoms with van der Waals surface area (Å²) in [4.78, 5) is 14.2. The molecule has 5 heteroatoms. The van der Waals surface area contributed by atoms with Gasteiger partial charge in [-0.2, -0.15) is 0 Å². The first kappa shape index (κ1) is 13.7. The van der Waals surface area contributed by atoms with Gasteiger partial charge < -0.3 is 15.0 Å². The van der Waals surface area contributed by atoms with Crippen LogP contribution < -0.4 is 5.32 Å². The van der Waals surface area contributed by atoms with Crippen molar-refractivity contribution in [2.45, 2.75) is 18.9 Å². The number of hydrogen-bond donors (Lipinski definition) is 1. The zero-order valence-corrected chi connectivity index (χ0v) is 12.3. The molecule has 2 aliphatic rings. The highest BCUT2D eigenvalue weighted by Crippen LogP contribution is 2.30. The molecule has 2 fully saturated rings. The summed E-state index contributed by atoms with van der Waals surface area (Å²) in [5.74, 6) is 0.315. The molecule has 2 heterocycles. The SMILES string of the molecule is COC(=O)c1cc(NC2CCN3CCC2C3)ccc1Cl. The quantitative estimate of drug-likeness (QED) is 0.870. The second-order valence-corrected chi connectivity index (χ2v) is 5.98. The lowest BCUT2D eigenvalue weighted by Gasteiger charge is -2.31. The Labute approximate surface area is 124 Å². The Morgan fingerprint density at radius 2 is 2.20 bits per heavy atom. The molecule has 20 heavy (non-hydrogen) atoms. The molecule has 1 N–H and O–H groups in total. The van der Waals surface area contributed by atoms with Gasteiger partial charge in [-0.15, -0.1) is 0 Å². The van der Waals surface area contributed by atoms with Gasteiger partial charge in [0.05, 0.1) is 17.7 Å². The summed E-state index contributed by atoms with van der Waals surface area (Å²) in [5, 5.41) is 3.99. The second-order valence-electron chi connectivity index (χ2n) is 5.58. The van der Waals surface area contributed by atoms with E-state index in [1.54, 1.807) is 12.1 Å². The van der Waals surface area contributed by atoms with E-state index in [1.165, 1.54) is 26.6 Å². The summed E-state index contributed by atoms with van der Waals surface area (Å²) in [6.45, 7) is 3.57. The summed E-state index contributed by atoms with van der Waals surface area (Å²) in [6, 6.07) is 5.95. The maximum absolute atomic E-state index is 11.7. The lowest BCUT2D eigenvalue weighted by Crippen LogP contribution is -2.39. The zero-order valence-electron chi connectivity index (χ0n) is 11.6. The molecule has 0 aromatic heterocycles. The first-order valence-electron chi connectivity index (χ1n) is 7.04. The van der Waals surface area contributed by atoms with Crippen LogP contribution in [0.15, 0.2) is 18.2 Å². The number of fused-ring (bicyclic) bond motifs is 2. The second kappa shape index (κ2) is 5.62. The number of halogens is 1. The highest BCUT2D eigenvalue weighted by molar-refractivity contribution is 6.33. The molecule has 3 unspecified atom stereocenters. The third-order valence-corrected chi connectivity index (χ3v) is 4.69. The van der Waals surface area contributed by atoms with Crippen LogP contribution in [-0.2, 0) is 4.74 Å². The fourth-order valence-electron chi connectivity index (χ4n) is 3.24. The minimum Gasteiger partial charge on any atom is -0.465 e. The third-order valence-electron chi connectivity index (χ3n) is 4.36. The molecule has 1 aromatic rings. The average Bonchev–Trinajstić information content (AvgIpc) is 2.86. The molecule has 0 saturated carbocycles. The van der Waals surface area contributed by atoms with Crippen molar-refractivity contribution in [3.8, 4) is 0 Å². The van der Waals surface area contributed by atoms with Crippen LogP contribution in [-0.4, -0.2) is 43.7 Å². The molecule has 3 atom stereocenters. The van der Waals surface area contributed by atoms with Crippen LogP contribution in [0.1, 0.15) is 23.2 Å². The van der Waals surface area contributed by atoms with Gasteiger partial charge in [0.25, 0.3) is 0 Å². The highest BCUT2D eigenvalue weighted by atomic mass is 35.5. The van der Waals surface area contributed by atoms with Gasteiger partial charge in [-0.3, -0.25) is 0 Å². The molecule has 4 nitrogen and oxygen atoms in total. The standard InChI is InChI=1S/C15H19ClN2O2/c1-20-15(19)12-8-11(2-3-13(12)16)17-14-5-7-18-6-4-10(14)9-18/h2-3,8,10,14,17H,4-7,9H2,1H3. The van der Waals surface area contributed by atoms with Crippen LogP contribution in [0.4, 0.5) is 5.69 Å². The number of nitrogens with zero attached hydrogens (tertiary/aromatic N) is 1. The molecule has 2 aliphatic heterocycles. The average molecular weight is 295 g/mol. The van der Waals surface area contributed by atoms with Crippen molar-refractivity contribution in [2.75, 3.05) is 32.1 Å². The largest absolute Gasteiger partial charge is 0.465 e. The van der Waals surface area contributed by atoms with Gasteiger partial charge >= 0.3 is 5.97 Å². The van der Waals surface area contributed by atoms with Crippen molar-refractivity contribution in [1.29, 1.82) is 0 Å². The smallest absolute Gasteiger partial charge is 0.339 e. The predicted molar refractivity (Wildman–Crippen MR) is 79.4 cm³/mol. The fourth-order valence-corrected chi connectivity index (χ4v) is 3.43. The summed E-state index contributed by atoms with van der Waals surface area (Å²) in [6.07, 6.45) is 2.41. The van der Waals surface area contributed by atoms with Crippen molar-refractivity contribution < 1.29 is 9.53 Å². The fraction of sp³-hybridized carbons (Fsp3) is 0.533. The van der Waals surface area contributed by atoms with Crippen LogP contribution in [0, 0.1) is 5.92 Å². The Kier molecular flexibility index (Phi) is 3.85. The van der Waals surface area contributed by atoms with E-state index in [-0.39, 0.29) is 0 Å². The molecular formula is C15H19ClN2O2. The van der Waals surface area contributed by atoms with Crippen LogP contribution in [0.2, 0.25) is 5.02 Å². The van der Waals surface area contributed by atoms with Crippen molar-refractivity contribution in [1.82, 2.24) is 4.90 Å². The lowest BCUT2D eigenvalue weighted by molar-refractivity contribution is 0.0601. The van der Waals surface area contributed by atoms with Crippen molar-refractivity contribution in [3.63, 3.8) is 0 Å². The summed E-state index contributed by atoms with van der Waals surface area (Å²) in [7, 11) is 1.37. The van der Waals surface area contributed by atoms with E-state index in [0.717, 1.165) is 18.7 Å². The molecule has 0 spiro atoms. The Morgan fingerprint density at radius 1 is 1.40 bits per heavy atom. The van der Waals surface area contributed by atoms with Gasteiger partial charge in [0.2, 0.25) is 0 Å². The molecule has 2 saturated heterocycles. The number of anilines is 1. The Bertz CT molecular complexity index is 521. The van der Waals surface area contributed by atoms with Crippen LogP contribution >= 0.6 is 11.6 Å². The first-order chi connectivity index (χ1) is 9.67. The van der Waals surface area contributed by atoms with Crippen LogP contribution in [0.3, 0.4) is 0 Å². The van der Waals surface area contributed by atoms with Crippen molar-refractivity contribution in [3.05, 3.63) is 28.8 Å². The number of methoxy groups -OCH3 is 1. The lowest BCUT2D eigenvalue weighted by atomic mass is 9.94. The summed E-state index contributed by atoms with van der Waals surface area (Å²) >= 11 is 6.04. The van der Waals surface area contributed by atoms with E-state index in [0.29, 0.717) is 22.5 Å². The van der Waals surface area contributed by atoms with Gasteiger partial charge in [-0.25, -0.2) is 4.79 Å². The minimum absolute atomic E-state index is 0.394. The molecule has 0 radical (unpaired) electrons. The number of ether oxygens (including phenoxy) is 1. The predicted octanol–water partition coefficient (Wildman–Crippen LogP) is 2.63. The number of nitrogens with one attached hydrogen (secondary N) is 1. The van der Waals surface area contributed by atoms with Crippen molar-refractivity contribution in [2.24, 2.45) is 5.92 Å². The van der Waals surface area contributed by atoms with Gasteiger partial charge in [-0.05, 0) is 43.5 Å². The van der Waals surface area contributed by atoms with E-state index in [9.17, 15) is 4.79 Å². The minimum atomic E-state index is -0.394. The van der Waals surface area contributed by atoms with E-state index >= 15 is 0 Å². The number of carbonyl (C=O) groups excluding carboxylic acids is 1. The normalized spacial score (nSPS) is 28.2. The van der Waals surface area contributed by atoms with E-state index in [4.69, 9.17) is 16.3 Å². The van der Waals surface area contributed by atoms with Crippen molar-refractivity contribution >= 4 is 23.3 Å². The topological polar surface area (TPSA) is 41.6 Å². The van der Waals surface area contributed by atoms with Gasteiger partial charge in [0, 0.05) is 24.8 Å². The molecule has 108 valence electrons. The Morgan fingerprint density at radius 3 is 3.00 bits per heavy atom. The summed E-state index contributed by atoms with van der Waals surface area (Å²) in [5.41, 5.74) is 1.36. The number of hydrogen-bond acceptors (Lipinski definition) is 4. The number of esters is 1. The maximum Gasteiger partial charge on any atom is 0.339 e.